The second-order valence-corrected chi connectivity index (χ2v) is 9.23. The Morgan fingerprint density at radius 2 is 2.14 bits per heavy atom. The number of thiophene rings is 1. The number of hydrogen-bond donors (Lipinski definition) is 0. The summed E-state index contributed by atoms with van der Waals surface area (Å²) in [6.07, 6.45) is 1.54. The van der Waals surface area contributed by atoms with Crippen LogP contribution in [0.15, 0.2) is 50.4 Å². The summed E-state index contributed by atoms with van der Waals surface area (Å²) < 4.78 is 39.3. The second-order valence-electron chi connectivity index (χ2n) is 6.54. The zero-order valence-electron chi connectivity index (χ0n) is 15.4. The average molecular weight is 420 g/mol. The molecule has 148 valence electrons. The lowest BCUT2D eigenvalue weighted by atomic mass is 10.00. The topological polar surface area (TPSA) is 85.5 Å². The smallest absolute Gasteiger partial charge is 0.248 e. The molecule has 1 unspecified atom stereocenters. The van der Waals surface area contributed by atoms with Gasteiger partial charge in [0.15, 0.2) is 0 Å². The summed E-state index contributed by atoms with van der Waals surface area (Å²) >= 11 is 1.56. The first-order valence-electron chi connectivity index (χ1n) is 9.17. The molecule has 0 saturated carbocycles. The number of sulfonamides is 1. The molecule has 0 amide bonds. The van der Waals surface area contributed by atoms with Gasteiger partial charge in [-0.2, -0.15) is 15.6 Å². The van der Waals surface area contributed by atoms with Gasteiger partial charge in [-0.25, -0.2) is 8.42 Å². The Morgan fingerprint density at radius 1 is 1.29 bits per heavy atom. The zero-order valence-corrected chi connectivity index (χ0v) is 17.1. The van der Waals surface area contributed by atoms with Crippen molar-refractivity contribution in [1.29, 1.82) is 0 Å². The van der Waals surface area contributed by atoms with Crippen LogP contribution in [0.25, 0.3) is 11.5 Å². The maximum Gasteiger partial charge on any atom is 0.248 e. The van der Waals surface area contributed by atoms with E-state index in [1.807, 2.05) is 23.8 Å². The first-order valence-corrected chi connectivity index (χ1v) is 11.6. The van der Waals surface area contributed by atoms with Crippen molar-refractivity contribution in [3.05, 3.63) is 47.0 Å². The summed E-state index contributed by atoms with van der Waals surface area (Å²) in [4.78, 5) is 0.196. The average Bonchev–Trinajstić information content (AvgIpc) is 3.40. The van der Waals surface area contributed by atoms with Crippen molar-refractivity contribution in [2.24, 2.45) is 0 Å². The van der Waals surface area contributed by atoms with Gasteiger partial charge in [0.25, 0.3) is 0 Å². The van der Waals surface area contributed by atoms with Crippen LogP contribution in [-0.4, -0.2) is 42.6 Å². The lowest BCUT2D eigenvalue weighted by Crippen LogP contribution is -2.39. The van der Waals surface area contributed by atoms with Crippen LogP contribution in [0.3, 0.4) is 0 Å². The maximum atomic E-state index is 13.2. The van der Waals surface area contributed by atoms with Gasteiger partial charge < -0.3 is 9.15 Å². The van der Waals surface area contributed by atoms with E-state index in [9.17, 15) is 8.42 Å². The van der Waals surface area contributed by atoms with E-state index in [2.05, 4.69) is 10.2 Å². The van der Waals surface area contributed by atoms with E-state index in [4.69, 9.17) is 9.15 Å². The summed E-state index contributed by atoms with van der Waals surface area (Å²) in [5.41, 5.74) is 0.884. The Hall–Kier alpha value is -2.23. The van der Waals surface area contributed by atoms with Crippen molar-refractivity contribution in [2.45, 2.75) is 30.6 Å². The molecule has 7 nitrogen and oxygen atoms in total. The summed E-state index contributed by atoms with van der Waals surface area (Å²) in [6, 6.07) is 8.67. The summed E-state index contributed by atoms with van der Waals surface area (Å²) in [7, 11) is -3.67. The normalized spacial score (nSPS) is 18.2. The first kappa shape index (κ1) is 19.1. The number of benzene rings is 1. The van der Waals surface area contributed by atoms with E-state index in [0.717, 1.165) is 18.4 Å². The van der Waals surface area contributed by atoms with E-state index in [1.165, 1.54) is 4.31 Å². The molecule has 3 aromatic rings. The minimum Gasteiger partial charge on any atom is -0.492 e. The van der Waals surface area contributed by atoms with Crippen molar-refractivity contribution < 1.29 is 17.6 Å². The highest BCUT2D eigenvalue weighted by Crippen LogP contribution is 2.33. The number of aromatic nitrogens is 2. The van der Waals surface area contributed by atoms with Crippen molar-refractivity contribution >= 4 is 21.4 Å². The van der Waals surface area contributed by atoms with E-state index < -0.39 is 10.0 Å². The van der Waals surface area contributed by atoms with Crippen molar-refractivity contribution in [3.63, 3.8) is 0 Å². The fourth-order valence-corrected chi connectivity index (χ4v) is 5.63. The van der Waals surface area contributed by atoms with E-state index in [-0.39, 0.29) is 10.8 Å². The van der Waals surface area contributed by atoms with E-state index in [0.29, 0.717) is 37.2 Å². The van der Waals surface area contributed by atoms with Gasteiger partial charge in [-0.3, -0.25) is 0 Å². The third-order valence-electron chi connectivity index (χ3n) is 4.71. The minimum atomic E-state index is -3.67. The second kappa shape index (κ2) is 8.02. The van der Waals surface area contributed by atoms with Gasteiger partial charge >= 0.3 is 0 Å². The number of ether oxygens (including phenoxy) is 1. The monoisotopic (exact) mass is 419 g/mol. The molecule has 0 aliphatic carbocycles. The zero-order chi connectivity index (χ0) is 19.6. The standard InChI is InChI=1S/C19H21N3O4S2/c1-2-25-16-7-3-4-8-17(16)28(23,24)22-10-5-6-14(12-22)18-20-21-19(26-18)15-9-11-27-13-15/h3-4,7-9,11,13-14H,2,5-6,10,12H2,1H3. The Labute approximate surface area is 168 Å². The van der Waals surface area contributed by atoms with Gasteiger partial charge in [0.1, 0.15) is 10.6 Å². The number of para-hydroxylation sites is 1. The van der Waals surface area contributed by atoms with Gasteiger partial charge in [-0.1, -0.05) is 12.1 Å². The molecule has 1 aliphatic heterocycles. The lowest BCUT2D eigenvalue weighted by molar-refractivity contribution is 0.283. The van der Waals surface area contributed by atoms with Crippen LogP contribution in [0, 0.1) is 0 Å². The Bertz CT molecular complexity index is 1030. The number of piperidine rings is 1. The first-order chi connectivity index (χ1) is 13.6. The predicted molar refractivity (Wildman–Crippen MR) is 106 cm³/mol. The molecular weight excluding hydrogens is 398 g/mol. The third kappa shape index (κ3) is 3.69. The molecule has 1 aliphatic rings. The summed E-state index contributed by atoms with van der Waals surface area (Å²) in [5.74, 6) is 1.21. The SMILES string of the molecule is CCOc1ccccc1S(=O)(=O)N1CCCC(c2nnc(-c3ccsc3)o2)C1. The van der Waals surface area contributed by atoms with Crippen LogP contribution in [0.2, 0.25) is 0 Å². The van der Waals surface area contributed by atoms with Crippen LogP contribution < -0.4 is 4.74 Å². The molecule has 0 bridgehead atoms. The van der Waals surface area contributed by atoms with Gasteiger partial charge in [0.2, 0.25) is 21.8 Å². The molecule has 0 N–H and O–H groups in total. The highest BCUT2D eigenvalue weighted by Gasteiger charge is 2.34. The van der Waals surface area contributed by atoms with Crippen LogP contribution in [-0.2, 0) is 10.0 Å². The molecule has 1 aromatic carbocycles. The molecule has 2 aromatic heterocycles. The van der Waals surface area contributed by atoms with Crippen molar-refractivity contribution in [1.82, 2.24) is 14.5 Å². The summed E-state index contributed by atoms with van der Waals surface area (Å²) in [5, 5.41) is 12.2. The minimum absolute atomic E-state index is 0.123. The highest BCUT2D eigenvalue weighted by atomic mass is 32.2. The molecule has 0 radical (unpaired) electrons. The molecule has 9 heteroatoms. The fourth-order valence-electron chi connectivity index (χ4n) is 3.34. The van der Waals surface area contributed by atoms with Crippen molar-refractivity contribution in [2.75, 3.05) is 19.7 Å². The highest BCUT2D eigenvalue weighted by molar-refractivity contribution is 7.89. The molecule has 4 rings (SSSR count). The van der Waals surface area contributed by atoms with Gasteiger partial charge in [-0.05, 0) is 43.3 Å². The molecule has 1 saturated heterocycles. The molecular formula is C19H21N3O4S2. The number of nitrogens with zero attached hydrogens (tertiary/aromatic N) is 3. The maximum absolute atomic E-state index is 13.2. The van der Waals surface area contributed by atoms with E-state index >= 15 is 0 Å². The summed E-state index contributed by atoms with van der Waals surface area (Å²) in [6.45, 7) is 3.02. The molecule has 0 spiro atoms. The van der Waals surface area contributed by atoms with Crippen LogP contribution in [0.4, 0.5) is 0 Å². The van der Waals surface area contributed by atoms with Gasteiger partial charge in [-0.15, -0.1) is 10.2 Å². The Balaban J connectivity index is 1.57. The Kier molecular flexibility index (Phi) is 5.47. The molecule has 28 heavy (non-hydrogen) atoms. The largest absolute Gasteiger partial charge is 0.492 e. The third-order valence-corrected chi connectivity index (χ3v) is 7.30. The molecule has 1 atom stereocenters. The van der Waals surface area contributed by atoms with Gasteiger partial charge in [0, 0.05) is 24.0 Å². The Morgan fingerprint density at radius 3 is 2.93 bits per heavy atom. The van der Waals surface area contributed by atoms with Gasteiger partial charge in [0.05, 0.1) is 12.5 Å². The fraction of sp³-hybridized carbons (Fsp3) is 0.368. The molecule has 1 fully saturated rings. The predicted octanol–water partition coefficient (Wildman–Crippen LogP) is 3.77. The number of hydrogen-bond acceptors (Lipinski definition) is 7. The lowest BCUT2D eigenvalue weighted by Gasteiger charge is -2.30. The molecule has 3 heterocycles. The van der Waals surface area contributed by atoms with E-state index in [1.54, 1.807) is 35.6 Å². The van der Waals surface area contributed by atoms with Crippen molar-refractivity contribution in [3.8, 4) is 17.2 Å². The van der Waals surface area contributed by atoms with Crippen LogP contribution in [0.5, 0.6) is 5.75 Å². The quantitative estimate of drug-likeness (QED) is 0.605. The van der Waals surface area contributed by atoms with Crippen LogP contribution in [0.1, 0.15) is 31.6 Å². The van der Waals surface area contributed by atoms with Crippen LogP contribution >= 0.6 is 11.3 Å². The number of rotatable bonds is 6.